The summed E-state index contributed by atoms with van der Waals surface area (Å²) in [7, 11) is 1.62. The molecular weight excluding hydrogens is 380 g/mol. The van der Waals surface area contributed by atoms with Crippen LogP contribution in [0, 0.1) is 22.7 Å². The smallest absolute Gasteiger partial charge is 0.263 e. The zero-order chi connectivity index (χ0) is 19.6. The van der Waals surface area contributed by atoms with E-state index in [-0.39, 0.29) is 22.8 Å². The Kier molecular flexibility index (Phi) is 5.54. The number of benzene rings is 1. The lowest BCUT2D eigenvalue weighted by atomic mass is 10.0. The van der Waals surface area contributed by atoms with Crippen LogP contribution in [-0.4, -0.2) is 26.8 Å². The van der Waals surface area contributed by atoms with Gasteiger partial charge in [-0.3, -0.25) is 14.2 Å². The molecule has 1 unspecified atom stereocenters. The fraction of sp³-hybridized carbons (Fsp3) is 0.211. The molecule has 0 fully saturated rings. The number of hydrogen-bond acceptors (Lipinski definition) is 7. The van der Waals surface area contributed by atoms with Crippen molar-refractivity contribution in [2.24, 2.45) is 13.0 Å². The van der Waals surface area contributed by atoms with Crippen molar-refractivity contribution in [1.82, 2.24) is 9.55 Å². The molecule has 0 aliphatic carbocycles. The minimum atomic E-state index is -1.05. The molecule has 27 heavy (non-hydrogen) atoms. The van der Waals surface area contributed by atoms with E-state index in [2.05, 4.69) is 4.98 Å². The van der Waals surface area contributed by atoms with Gasteiger partial charge in [0.15, 0.2) is 10.9 Å². The lowest BCUT2D eigenvalue weighted by Gasteiger charge is -2.09. The Morgan fingerprint density at radius 3 is 2.74 bits per heavy atom. The van der Waals surface area contributed by atoms with E-state index in [0.29, 0.717) is 15.4 Å². The first kappa shape index (κ1) is 19.0. The average molecular weight is 396 g/mol. The molecule has 2 aromatic heterocycles. The van der Waals surface area contributed by atoms with Gasteiger partial charge in [-0.1, -0.05) is 42.1 Å². The normalized spacial score (nSPS) is 11.9. The first-order valence-corrected chi connectivity index (χ1v) is 9.94. The third kappa shape index (κ3) is 3.70. The van der Waals surface area contributed by atoms with Crippen LogP contribution in [0.15, 0.2) is 45.7 Å². The van der Waals surface area contributed by atoms with Gasteiger partial charge in [0, 0.05) is 23.7 Å². The van der Waals surface area contributed by atoms with Crippen molar-refractivity contribution in [2.45, 2.75) is 12.1 Å². The van der Waals surface area contributed by atoms with Gasteiger partial charge in [0.25, 0.3) is 5.56 Å². The summed E-state index contributed by atoms with van der Waals surface area (Å²) >= 11 is 2.50. The number of nitrogens with zero attached hydrogens (tertiary/aromatic N) is 3. The van der Waals surface area contributed by atoms with Gasteiger partial charge in [0.1, 0.15) is 10.7 Å². The van der Waals surface area contributed by atoms with E-state index in [4.69, 9.17) is 10.7 Å². The van der Waals surface area contributed by atoms with Crippen LogP contribution in [0.2, 0.25) is 0 Å². The van der Waals surface area contributed by atoms with E-state index < -0.39 is 5.92 Å². The molecule has 1 atom stereocenters. The Labute approximate surface area is 164 Å². The topological polar surface area (TPSA) is 99.6 Å². The molecule has 1 aromatic carbocycles. The maximum absolute atomic E-state index is 12.9. The molecule has 3 rings (SSSR count). The Morgan fingerprint density at radius 2 is 2.11 bits per heavy atom. The van der Waals surface area contributed by atoms with E-state index in [9.17, 15) is 9.59 Å². The van der Waals surface area contributed by atoms with Gasteiger partial charge in [-0.2, -0.15) is 5.26 Å². The van der Waals surface area contributed by atoms with Crippen LogP contribution in [-0.2, 0) is 11.8 Å². The second-order valence-corrected chi connectivity index (χ2v) is 7.75. The van der Waals surface area contributed by atoms with Crippen molar-refractivity contribution < 1.29 is 4.79 Å². The zero-order valence-corrected chi connectivity index (χ0v) is 16.4. The predicted octanol–water partition coefficient (Wildman–Crippen LogP) is 3.50. The summed E-state index contributed by atoms with van der Waals surface area (Å²) in [4.78, 5) is 30.2. The minimum Gasteiger partial charge on any atom is -0.308 e. The number of carbonyl (C=O) groups is 1. The standard InChI is InChI=1S/C19H16N4O2S2/c1-11(21)13(8-20)15(24)10-27-19-22-17-16(18(25)23(19)2)14(9-26-17)12-6-4-3-5-7-12/h3-7,9,13,21H,10H2,1-2H3. The highest BCUT2D eigenvalue weighted by Crippen LogP contribution is 2.31. The SMILES string of the molecule is CC(=N)C(C#N)C(=O)CSc1nc2scc(-c3ccccc3)c2c(=O)n1C. The summed E-state index contributed by atoms with van der Waals surface area (Å²) in [6.45, 7) is 1.44. The minimum absolute atomic E-state index is 0.0167. The van der Waals surface area contributed by atoms with Gasteiger partial charge in [0.05, 0.1) is 17.2 Å². The summed E-state index contributed by atoms with van der Waals surface area (Å²) in [5, 5.41) is 19.4. The lowest BCUT2D eigenvalue weighted by molar-refractivity contribution is -0.117. The first-order chi connectivity index (χ1) is 12.9. The maximum Gasteiger partial charge on any atom is 0.263 e. The Bertz CT molecular complexity index is 1130. The van der Waals surface area contributed by atoms with Crippen LogP contribution in [0.4, 0.5) is 0 Å². The fourth-order valence-electron chi connectivity index (χ4n) is 2.64. The van der Waals surface area contributed by atoms with Gasteiger partial charge in [0.2, 0.25) is 0 Å². The van der Waals surface area contributed by atoms with Crippen LogP contribution in [0.1, 0.15) is 6.92 Å². The molecule has 0 saturated heterocycles. The summed E-state index contributed by atoms with van der Waals surface area (Å²) in [6, 6.07) is 11.5. The molecule has 0 amide bonds. The van der Waals surface area contributed by atoms with Gasteiger partial charge in [-0.25, -0.2) is 4.98 Å². The van der Waals surface area contributed by atoms with Gasteiger partial charge >= 0.3 is 0 Å². The van der Waals surface area contributed by atoms with Crippen LogP contribution in [0.3, 0.4) is 0 Å². The Balaban J connectivity index is 1.95. The molecular formula is C19H16N4O2S2. The molecule has 2 heterocycles. The number of aromatic nitrogens is 2. The van der Waals surface area contributed by atoms with E-state index in [1.54, 1.807) is 7.05 Å². The van der Waals surface area contributed by atoms with Crippen molar-refractivity contribution >= 4 is 44.8 Å². The van der Waals surface area contributed by atoms with E-state index >= 15 is 0 Å². The van der Waals surface area contributed by atoms with E-state index in [1.807, 2.05) is 41.8 Å². The number of nitriles is 1. The highest BCUT2D eigenvalue weighted by molar-refractivity contribution is 7.99. The second kappa shape index (κ2) is 7.86. The summed E-state index contributed by atoms with van der Waals surface area (Å²) in [6.07, 6.45) is 0. The molecule has 0 bridgehead atoms. The van der Waals surface area contributed by atoms with Gasteiger partial charge in [-0.05, 0) is 12.5 Å². The fourth-order valence-corrected chi connectivity index (χ4v) is 4.51. The summed E-state index contributed by atoms with van der Waals surface area (Å²) in [5.74, 6) is -1.43. The lowest BCUT2D eigenvalue weighted by Crippen LogP contribution is -2.23. The molecule has 6 nitrogen and oxygen atoms in total. The molecule has 0 saturated carbocycles. The number of rotatable bonds is 6. The number of thioether (sulfide) groups is 1. The second-order valence-electron chi connectivity index (χ2n) is 5.95. The van der Waals surface area contributed by atoms with Crippen molar-refractivity contribution in [1.29, 1.82) is 10.7 Å². The summed E-state index contributed by atoms with van der Waals surface area (Å²) < 4.78 is 1.43. The van der Waals surface area contributed by atoms with E-state index in [0.717, 1.165) is 22.9 Å². The Morgan fingerprint density at radius 1 is 1.41 bits per heavy atom. The van der Waals surface area contributed by atoms with Crippen molar-refractivity contribution in [2.75, 3.05) is 5.75 Å². The molecule has 0 aliphatic heterocycles. The molecule has 8 heteroatoms. The van der Waals surface area contributed by atoms with Crippen LogP contribution in [0.25, 0.3) is 21.3 Å². The molecule has 1 N–H and O–H groups in total. The van der Waals surface area contributed by atoms with Gasteiger partial charge < -0.3 is 5.41 Å². The third-order valence-corrected chi connectivity index (χ3v) is 6.01. The quantitative estimate of drug-likeness (QED) is 0.390. The van der Waals surface area contributed by atoms with Crippen molar-refractivity contribution in [3.63, 3.8) is 0 Å². The first-order valence-electron chi connectivity index (χ1n) is 8.08. The number of fused-ring (bicyclic) bond motifs is 1. The number of Topliss-reactive ketones (excluding diaryl/α,β-unsaturated/α-hetero) is 1. The average Bonchev–Trinajstić information content (AvgIpc) is 3.08. The number of carbonyl (C=O) groups excluding carboxylic acids is 1. The number of ketones is 1. The molecule has 0 radical (unpaired) electrons. The number of nitrogens with one attached hydrogen (secondary N) is 1. The molecule has 0 aliphatic rings. The number of hydrogen-bond donors (Lipinski definition) is 1. The van der Waals surface area contributed by atoms with Crippen molar-refractivity contribution in [3.05, 3.63) is 46.1 Å². The summed E-state index contributed by atoms with van der Waals surface area (Å²) in [5.41, 5.74) is 1.65. The number of thiophene rings is 1. The molecule has 136 valence electrons. The van der Waals surface area contributed by atoms with Gasteiger partial charge in [-0.15, -0.1) is 11.3 Å². The zero-order valence-electron chi connectivity index (χ0n) is 14.7. The van der Waals surface area contributed by atoms with Crippen LogP contribution >= 0.6 is 23.1 Å². The molecule has 3 aromatic rings. The highest BCUT2D eigenvalue weighted by Gasteiger charge is 2.22. The maximum atomic E-state index is 12.9. The highest BCUT2D eigenvalue weighted by atomic mass is 32.2. The van der Waals surface area contributed by atoms with E-state index in [1.165, 1.54) is 22.8 Å². The monoisotopic (exact) mass is 396 g/mol. The predicted molar refractivity (Wildman–Crippen MR) is 109 cm³/mol. The van der Waals surface area contributed by atoms with Crippen molar-refractivity contribution in [3.8, 4) is 17.2 Å². The van der Waals surface area contributed by atoms with Crippen LogP contribution in [0.5, 0.6) is 0 Å². The van der Waals surface area contributed by atoms with Crippen LogP contribution < -0.4 is 5.56 Å². The largest absolute Gasteiger partial charge is 0.308 e. The molecule has 0 spiro atoms. The third-order valence-electron chi connectivity index (χ3n) is 4.09. The Hall–Kier alpha value is -2.76.